The van der Waals surface area contributed by atoms with E-state index in [1.807, 2.05) is 13.0 Å². The highest BCUT2D eigenvalue weighted by molar-refractivity contribution is 6.26. The molecular formula is C22H31ClO7. The molecule has 7 nitrogen and oxygen atoms in total. The molecule has 0 unspecified atom stereocenters. The summed E-state index contributed by atoms with van der Waals surface area (Å²) >= 11 is 5.53. The Morgan fingerprint density at radius 2 is 2.07 bits per heavy atom. The summed E-state index contributed by atoms with van der Waals surface area (Å²) in [5.74, 6) is -1.05. The van der Waals surface area contributed by atoms with Gasteiger partial charge in [0.25, 0.3) is 0 Å². The van der Waals surface area contributed by atoms with Gasteiger partial charge >= 0.3 is 11.9 Å². The fraction of sp³-hybridized carbons (Fsp3) is 0.818. The van der Waals surface area contributed by atoms with Gasteiger partial charge in [-0.15, -0.1) is 11.6 Å². The first kappa shape index (κ1) is 22.1. The van der Waals surface area contributed by atoms with E-state index in [1.165, 1.54) is 0 Å². The molecule has 2 N–H and O–H groups in total. The predicted octanol–water partition coefficient (Wildman–Crippen LogP) is 1.97. The van der Waals surface area contributed by atoms with Crippen molar-refractivity contribution in [2.75, 3.05) is 25.7 Å². The fourth-order valence-corrected chi connectivity index (χ4v) is 6.58. The normalized spacial score (nSPS) is 46.6. The van der Waals surface area contributed by atoms with Gasteiger partial charge in [-0.05, 0) is 49.4 Å². The lowest BCUT2D eigenvalue weighted by Gasteiger charge is -2.60. The van der Waals surface area contributed by atoms with Crippen molar-refractivity contribution in [3.63, 3.8) is 0 Å². The molecule has 2 saturated heterocycles. The largest absolute Gasteiger partial charge is 0.458 e. The predicted molar refractivity (Wildman–Crippen MR) is 108 cm³/mol. The van der Waals surface area contributed by atoms with Gasteiger partial charge in [0.15, 0.2) is 6.10 Å². The van der Waals surface area contributed by atoms with Crippen molar-refractivity contribution < 1.29 is 34.0 Å². The van der Waals surface area contributed by atoms with Gasteiger partial charge in [-0.2, -0.15) is 0 Å². The first-order valence-electron chi connectivity index (χ1n) is 10.8. The Morgan fingerprint density at radius 1 is 1.33 bits per heavy atom. The highest BCUT2D eigenvalue weighted by atomic mass is 35.5. The molecule has 2 heterocycles. The van der Waals surface area contributed by atoms with Crippen LogP contribution in [0.5, 0.6) is 0 Å². The number of aliphatic hydroxyl groups excluding tert-OH is 2. The second-order valence-electron chi connectivity index (χ2n) is 9.83. The maximum Gasteiger partial charge on any atom is 0.337 e. The molecule has 7 atom stereocenters. The number of hydrogen-bond donors (Lipinski definition) is 2. The first-order valence-corrected chi connectivity index (χ1v) is 11.3. The summed E-state index contributed by atoms with van der Waals surface area (Å²) < 4.78 is 16.3. The average Bonchev–Trinajstić information content (AvgIpc) is 3.42. The molecular weight excluding hydrogens is 412 g/mol. The lowest BCUT2D eigenvalue weighted by molar-refractivity contribution is -0.175. The molecule has 2 saturated carbocycles. The highest BCUT2D eigenvalue weighted by Crippen LogP contribution is 2.66. The van der Waals surface area contributed by atoms with Crippen molar-refractivity contribution >= 4 is 23.5 Å². The molecule has 0 aromatic rings. The molecule has 30 heavy (non-hydrogen) atoms. The van der Waals surface area contributed by atoms with Crippen molar-refractivity contribution in [2.24, 2.45) is 22.7 Å². The SMILES string of the molecule is C[C@]1(CO)[C@H]2CC[C@@]3(CO3)[C@@H](C/C=C3/C(=O)OC[C@H]3OC(=O)CCl)[C@]2(C)CC[C@H]1O. The summed E-state index contributed by atoms with van der Waals surface area (Å²) in [6, 6.07) is 0. The van der Waals surface area contributed by atoms with Crippen LogP contribution in [0.2, 0.25) is 0 Å². The van der Waals surface area contributed by atoms with Crippen LogP contribution < -0.4 is 0 Å². The molecule has 0 bridgehead atoms. The van der Waals surface area contributed by atoms with Crippen LogP contribution in [0.1, 0.15) is 46.0 Å². The number of allylic oxidation sites excluding steroid dienone is 1. The number of hydrogen-bond acceptors (Lipinski definition) is 7. The monoisotopic (exact) mass is 442 g/mol. The Bertz CT molecular complexity index is 748. The van der Waals surface area contributed by atoms with Gasteiger partial charge in [-0.1, -0.05) is 19.9 Å². The van der Waals surface area contributed by atoms with Crippen LogP contribution in [0.3, 0.4) is 0 Å². The van der Waals surface area contributed by atoms with E-state index in [1.54, 1.807) is 0 Å². The van der Waals surface area contributed by atoms with Crippen molar-refractivity contribution in [3.8, 4) is 0 Å². The zero-order valence-corrected chi connectivity index (χ0v) is 18.3. The number of rotatable bonds is 5. The number of alkyl halides is 1. The third kappa shape index (κ3) is 3.38. The third-order valence-electron chi connectivity index (χ3n) is 8.36. The second-order valence-corrected chi connectivity index (χ2v) is 10.1. The molecule has 1 spiro atoms. The van der Waals surface area contributed by atoms with E-state index < -0.39 is 29.6 Å². The number of epoxide rings is 1. The van der Waals surface area contributed by atoms with E-state index in [2.05, 4.69) is 6.92 Å². The lowest BCUT2D eigenvalue weighted by Crippen LogP contribution is -2.60. The van der Waals surface area contributed by atoms with Gasteiger partial charge in [-0.25, -0.2) is 4.79 Å². The summed E-state index contributed by atoms with van der Waals surface area (Å²) in [4.78, 5) is 23.8. The summed E-state index contributed by atoms with van der Waals surface area (Å²) in [6.07, 6.45) is 4.40. The molecule has 4 aliphatic rings. The molecule has 0 aromatic heterocycles. The minimum atomic E-state index is -0.733. The fourth-order valence-electron chi connectivity index (χ4n) is 6.52. The molecule has 4 fully saturated rings. The Hall–Kier alpha value is -1.15. The number of carbonyl (C=O) groups excluding carboxylic acids is 2. The van der Waals surface area contributed by atoms with Crippen LogP contribution in [0, 0.1) is 22.7 Å². The quantitative estimate of drug-likeness (QED) is 0.290. The van der Waals surface area contributed by atoms with Crippen LogP contribution in [-0.2, 0) is 23.8 Å². The Balaban J connectivity index is 1.61. The summed E-state index contributed by atoms with van der Waals surface area (Å²) in [5, 5.41) is 20.8. The van der Waals surface area contributed by atoms with Gasteiger partial charge in [-0.3, -0.25) is 4.79 Å². The number of fused-ring (bicyclic) bond motifs is 1. The Kier molecular flexibility index (Phi) is 5.71. The molecule has 0 amide bonds. The molecule has 2 aliphatic heterocycles. The number of esters is 2. The zero-order chi connectivity index (χ0) is 21.7. The van der Waals surface area contributed by atoms with Gasteiger partial charge in [0, 0.05) is 5.41 Å². The summed E-state index contributed by atoms with van der Waals surface area (Å²) in [6.45, 7) is 4.86. The molecule has 0 aromatic carbocycles. The van der Waals surface area contributed by atoms with Crippen molar-refractivity contribution in [3.05, 3.63) is 11.6 Å². The van der Waals surface area contributed by atoms with Crippen LogP contribution in [0.15, 0.2) is 11.6 Å². The van der Waals surface area contributed by atoms with Crippen LogP contribution in [0.25, 0.3) is 0 Å². The molecule has 8 heteroatoms. The minimum Gasteiger partial charge on any atom is -0.458 e. The van der Waals surface area contributed by atoms with E-state index >= 15 is 0 Å². The van der Waals surface area contributed by atoms with E-state index in [0.29, 0.717) is 25.0 Å². The van der Waals surface area contributed by atoms with E-state index in [-0.39, 0.29) is 41.9 Å². The van der Waals surface area contributed by atoms with Crippen molar-refractivity contribution in [1.29, 1.82) is 0 Å². The van der Waals surface area contributed by atoms with E-state index in [0.717, 1.165) is 19.3 Å². The van der Waals surface area contributed by atoms with Crippen molar-refractivity contribution in [2.45, 2.75) is 63.8 Å². The number of carbonyl (C=O) groups is 2. The van der Waals surface area contributed by atoms with Crippen molar-refractivity contribution in [1.82, 2.24) is 0 Å². The number of aliphatic hydroxyl groups is 2. The number of cyclic esters (lactones) is 1. The molecule has 0 radical (unpaired) electrons. The molecule has 4 rings (SSSR count). The van der Waals surface area contributed by atoms with Gasteiger partial charge < -0.3 is 24.4 Å². The highest BCUT2D eigenvalue weighted by Gasteiger charge is 2.66. The standard InChI is InChI=1S/C22H31ClO7/c1-20-7-6-17(25)21(2,11-24)15(20)5-8-22(12-29-22)16(20)4-3-13-14(10-28-19(13)27)30-18(26)9-23/h3,14-17,24-25H,4-12H2,1-2H3/b13-3+/t14-,15+,16+,17-,20-,21+,22-/m1/s1. The summed E-state index contributed by atoms with van der Waals surface area (Å²) in [5.41, 5.74) is -0.561. The zero-order valence-electron chi connectivity index (χ0n) is 17.6. The first-order chi connectivity index (χ1) is 14.2. The van der Waals surface area contributed by atoms with Gasteiger partial charge in [0.05, 0.1) is 30.5 Å². The number of ether oxygens (including phenoxy) is 3. The Labute approximate surface area is 181 Å². The maximum atomic E-state index is 12.2. The second kappa shape index (κ2) is 7.76. The lowest BCUT2D eigenvalue weighted by atomic mass is 9.45. The van der Waals surface area contributed by atoms with Gasteiger partial charge in [0.2, 0.25) is 0 Å². The third-order valence-corrected chi connectivity index (χ3v) is 8.58. The minimum absolute atomic E-state index is 0.00821. The number of halogens is 1. The van der Waals surface area contributed by atoms with E-state index in [9.17, 15) is 19.8 Å². The summed E-state index contributed by atoms with van der Waals surface area (Å²) in [7, 11) is 0. The molecule has 2 aliphatic carbocycles. The van der Waals surface area contributed by atoms with Gasteiger partial charge in [0.1, 0.15) is 12.5 Å². The van der Waals surface area contributed by atoms with Crippen LogP contribution in [-0.4, -0.2) is 65.7 Å². The Morgan fingerprint density at radius 3 is 2.70 bits per heavy atom. The maximum absolute atomic E-state index is 12.2. The van der Waals surface area contributed by atoms with Crippen LogP contribution in [0.4, 0.5) is 0 Å². The topological polar surface area (TPSA) is 106 Å². The van der Waals surface area contributed by atoms with Crippen LogP contribution >= 0.6 is 11.6 Å². The average molecular weight is 443 g/mol. The van der Waals surface area contributed by atoms with E-state index in [4.69, 9.17) is 25.8 Å². The molecule has 168 valence electrons. The smallest absolute Gasteiger partial charge is 0.337 e.